The first kappa shape index (κ1) is 21.3. The van der Waals surface area contributed by atoms with Crippen molar-refractivity contribution in [2.45, 2.75) is 43.5 Å². The minimum Gasteiger partial charge on any atom is -0.497 e. The summed E-state index contributed by atoms with van der Waals surface area (Å²) in [6.45, 7) is 1.67. The van der Waals surface area contributed by atoms with Gasteiger partial charge in [-0.15, -0.1) is 0 Å². The van der Waals surface area contributed by atoms with Gasteiger partial charge in [0, 0.05) is 7.05 Å². The van der Waals surface area contributed by atoms with Crippen molar-refractivity contribution >= 4 is 15.9 Å². The number of benzene rings is 2. The molecule has 3 rings (SSSR count). The fraction of sp³-hybridized carbons (Fsp3) is 0.409. The molecule has 0 bridgehead atoms. The van der Waals surface area contributed by atoms with Crippen LogP contribution in [0.4, 0.5) is 0 Å². The molecule has 156 valence electrons. The molecule has 1 aliphatic rings. The zero-order valence-corrected chi connectivity index (χ0v) is 18.0. The second kappa shape index (κ2) is 8.97. The molecule has 0 radical (unpaired) electrons. The smallest absolute Gasteiger partial charge is 0.243 e. The van der Waals surface area contributed by atoms with Crippen LogP contribution < -0.4 is 10.1 Å². The Morgan fingerprint density at radius 1 is 1.10 bits per heavy atom. The summed E-state index contributed by atoms with van der Waals surface area (Å²) in [5.74, 6) is 0.234. The van der Waals surface area contributed by atoms with Crippen molar-refractivity contribution in [3.63, 3.8) is 0 Å². The van der Waals surface area contributed by atoms with Crippen LogP contribution in [0.1, 0.15) is 42.5 Å². The number of methoxy groups -OCH3 is 1. The molecule has 0 heterocycles. The van der Waals surface area contributed by atoms with Crippen molar-refractivity contribution in [2.24, 2.45) is 0 Å². The van der Waals surface area contributed by atoms with Gasteiger partial charge in [-0.1, -0.05) is 18.2 Å². The van der Waals surface area contributed by atoms with E-state index in [9.17, 15) is 13.2 Å². The summed E-state index contributed by atoms with van der Waals surface area (Å²) in [6.07, 6.45) is 4.62. The van der Waals surface area contributed by atoms with Gasteiger partial charge in [0.2, 0.25) is 15.9 Å². The van der Waals surface area contributed by atoms with E-state index in [1.807, 2.05) is 13.0 Å². The maximum Gasteiger partial charge on any atom is 0.243 e. The molecule has 0 saturated carbocycles. The summed E-state index contributed by atoms with van der Waals surface area (Å²) in [4.78, 5) is 12.6. The summed E-state index contributed by atoms with van der Waals surface area (Å²) < 4.78 is 31.5. The van der Waals surface area contributed by atoms with Crippen molar-refractivity contribution in [1.29, 1.82) is 0 Å². The first-order valence-corrected chi connectivity index (χ1v) is 11.3. The molecule has 0 aliphatic heterocycles. The standard InChI is InChI=1S/C22H28N2O4S/c1-16(18-9-8-17-6-4-5-7-19(17)14-18)23-22(25)15-24(2)29(26,27)21-12-10-20(28-3)11-13-21/h8-14,16H,4-7,15H2,1-3H3,(H,23,25). The van der Waals surface area contributed by atoms with Crippen LogP contribution in [0.3, 0.4) is 0 Å². The second-order valence-electron chi connectivity index (χ2n) is 7.46. The first-order valence-electron chi connectivity index (χ1n) is 9.82. The molecule has 2 aromatic carbocycles. The van der Waals surface area contributed by atoms with Gasteiger partial charge in [0.25, 0.3) is 0 Å². The third-order valence-electron chi connectivity index (χ3n) is 5.38. The molecule has 1 amide bonds. The lowest BCUT2D eigenvalue weighted by Gasteiger charge is -2.21. The van der Waals surface area contributed by atoms with Crippen LogP contribution in [0.5, 0.6) is 5.75 Å². The molecule has 1 N–H and O–H groups in total. The predicted molar refractivity (Wildman–Crippen MR) is 112 cm³/mol. The van der Waals surface area contributed by atoms with E-state index < -0.39 is 10.0 Å². The summed E-state index contributed by atoms with van der Waals surface area (Å²) in [6, 6.07) is 12.3. The van der Waals surface area contributed by atoms with Gasteiger partial charge in [-0.25, -0.2) is 8.42 Å². The normalized spacial score (nSPS) is 14.9. The molecule has 0 aromatic heterocycles. The van der Waals surface area contributed by atoms with Crippen molar-refractivity contribution < 1.29 is 17.9 Å². The Labute approximate surface area is 172 Å². The highest BCUT2D eigenvalue weighted by Gasteiger charge is 2.24. The average Bonchev–Trinajstić information content (AvgIpc) is 2.73. The van der Waals surface area contributed by atoms with E-state index in [1.165, 1.54) is 50.3 Å². The van der Waals surface area contributed by atoms with Gasteiger partial charge in [-0.2, -0.15) is 4.31 Å². The number of rotatable bonds is 7. The van der Waals surface area contributed by atoms with E-state index in [4.69, 9.17) is 4.74 Å². The molecule has 0 saturated heterocycles. The second-order valence-corrected chi connectivity index (χ2v) is 9.51. The fourth-order valence-corrected chi connectivity index (χ4v) is 4.74. The molecule has 2 aromatic rings. The van der Waals surface area contributed by atoms with E-state index in [-0.39, 0.29) is 23.4 Å². The van der Waals surface area contributed by atoms with Crippen LogP contribution in [0.25, 0.3) is 0 Å². The molecule has 0 fully saturated rings. The number of likely N-dealkylation sites (N-methyl/N-ethyl adjacent to an activating group) is 1. The van der Waals surface area contributed by atoms with E-state index >= 15 is 0 Å². The Morgan fingerprint density at radius 3 is 2.41 bits per heavy atom. The lowest BCUT2D eigenvalue weighted by Crippen LogP contribution is -2.39. The van der Waals surface area contributed by atoms with Crippen LogP contribution >= 0.6 is 0 Å². The van der Waals surface area contributed by atoms with Gasteiger partial charge in [0.1, 0.15) is 5.75 Å². The lowest BCUT2D eigenvalue weighted by molar-refractivity contribution is -0.121. The number of aryl methyl sites for hydroxylation is 2. The SMILES string of the molecule is COc1ccc(S(=O)(=O)N(C)CC(=O)NC(C)c2ccc3c(c2)CCCC3)cc1. The number of nitrogens with zero attached hydrogens (tertiary/aromatic N) is 1. The predicted octanol–water partition coefficient (Wildman–Crippen LogP) is 3.07. The first-order chi connectivity index (χ1) is 13.8. The van der Waals surface area contributed by atoms with Crippen LogP contribution in [0.15, 0.2) is 47.4 Å². The molecule has 7 heteroatoms. The minimum absolute atomic E-state index is 0.122. The summed E-state index contributed by atoms with van der Waals surface area (Å²) >= 11 is 0. The summed E-state index contributed by atoms with van der Waals surface area (Å²) in [5, 5.41) is 2.91. The maximum atomic E-state index is 12.7. The van der Waals surface area contributed by atoms with E-state index in [1.54, 1.807) is 12.1 Å². The molecule has 1 unspecified atom stereocenters. The Balaban J connectivity index is 1.63. The quantitative estimate of drug-likeness (QED) is 0.753. The van der Waals surface area contributed by atoms with Crippen LogP contribution in [-0.4, -0.2) is 39.3 Å². The number of amides is 1. The third-order valence-corrected chi connectivity index (χ3v) is 7.20. The Hall–Kier alpha value is -2.38. The van der Waals surface area contributed by atoms with E-state index in [0.717, 1.165) is 22.7 Å². The monoisotopic (exact) mass is 416 g/mol. The number of fused-ring (bicyclic) bond motifs is 1. The minimum atomic E-state index is -3.75. The van der Waals surface area contributed by atoms with Crippen LogP contribution in [0, 0.1) is 0 Å². The highest BCUT2D eigenvalue weighted by molar-refractivity contribution is 7.89. The molecule has 29 heavy (non-hydrogen) atoms. The largest absolute Gasteiger partial charge is 0.497 e. The van der Waals surface area contributed by atoms with Gasteiger partial charge in [0.15, 0.2) is 0 Å². The topological polar surface area (TPSA) is 75.7 Å². The van der Waals surface area contributed by atoms with Gasteiger partial charge < -0.3 is 10.1 Å². The number of hydrogen-bond acceptors (Lipinski definition) is 4. The Kier molecular flexibility index (Phi) is 6.59. The van der Waals surface area contributed by atoms with E-state index in [0.29, 0.717) is 5.75 Å². The van der Waals surface area contributed by atoms with Crippen molar-refractivity contribution in [3.05, 3.63) is 59.2 Å². The van der Waals surface area contributed by atoms with Gasteiger partial charge in [0.05, 0.1) is 24.6 Å². The maximum absolute atomic E-state index is 12.7. The van der Waals surface area contributed by atoms with Gasteiger partial charge >= 0.3 is 0 Å². The molecule has 0 spiro atoms. The number of nitrogens with one attached hydrogen (secondary N) is 1. The van der Waals surface area contributed by atoms with Gasteiger partial charge in [-0.05, 0) is 73.6 Å². The molecular formula is C22H28N2O4S. The molecule has 1 atom stereocenters. The molecular weight excluding hydrogens is 388 g/mol. The van der Waals surface area contributed by atoms with Crippen molar-refractivity contribution in [2.75, 3.05) is 20.7 Å². The van der Waals surface area contributed by atoms with Crippen molar-refractivity contribution in [1.82, 2.24) is 9.62 Å². The number of sulfonamides is 1. The summed E-state index contributed by atoms with van der Waals surface area (Å²) in [5.41, 5.74) is 3.79. The third kappa shape index (κ3) is 4.97. The summed E-state index contributed by atoms with van der Waals surface area (Å²) in [7, 11) is -0.832. The fourth-order valence-electron chi connectivity index (χ4n) is 3.61. The van der Waals surface area contributed by atoms with E-state index in [2.05, 4.69) is 17.4 Å². The lowest BCUT2D eigenvalue weighted by atomic mass is 9.89. The number of carbonyl (C=O) groups excluding carboxylic acids is 1. The highest BCUT2D eigenvalue weighted by Crippen LogP contribution is 2.25. The Bertz CT molecular complexity index is 971. The Morgan fingerprint density at radius 2 is 1.76 bits per heavy atom. The zero-order chi connectivity index (χ0) is 21.0. The van der Waals surface area contributed by atoms with Crippen LogP contribution in [-0.2, 0) is 27.7 Å². The molecule has 6 nitrogen and oxygen atoms in total. The number of hydrogen-bond donors (Lipinski definition) is 1. The zero-order valence-electron chi connectivity index (χ0n) is 17.1. The molecule has 1 aliphatic carbocycles. The number of carbonyl (C=O) groups is 1. The average molecular weight is 417 g/mol. The van der Waals surface area contributed by atoms with Crippen LogP contribution in [0.2, 0.25) is 0 Å². The number of ether oxygens (including phenoxy) is 1. The highest BCUT2D eigenvalue weighted by atomic mass is 32.2. The van der Waals surface area contributed by atoms with Crippen molar-refractivity contribution in [3.8, 4) is 5.75 Å². The van der Waals surface area contributed by atoms with Gasteiger partial charge in [-0.3, -0.25) is 4.79 Å².